The predicted molar refractivity (Wildman–Crippen MR) is 92.4 cm³/mol. The Hall–Kier alpha value is -1.71. The number of carbonyl (C=O) groups is 1. The molecule has 1 fully saturated rings. The lowest BCUT2D eigenvalue weighted by atomic mass is 10.1. The van der Waals surface area contributed by atoms with Crippen LogP contribution in [-0.2, 0) is 0 Å². The Balaban J connectivity index is 2.13. The van der Waals surface area contributed by atoms with E-state index in [4.69, 9.17) is 9.47 Å². The van der Waals surface area contributed by atoms with Gasteiger partial charge in [-0.1, -0.05) is 26.2 Å². The summed E-state index contributed by atoms with van der Waals surface area (Å²) in [5.74, 6) is 1.49. The van der Waals surface area contributed by atoms with Gasteiger partial charge in [0.15, 0.2) is 11.5 Å². The van der Waals surface area contributed by atoms with Crippen LogP contribution in [0.3, 0.4) is 0 Å². The first kappa shape index (κ1) is 17.6. The second-order valence-electron chi connectivity index (χ2n) is 6.00. The molecule has 0 saturated carbocycles. The van der Waals surface area contributed by atoms with Gasteiger partial charge in [-0.2, -0.15) is 0 Å². The van der Waals surface area contributed by atoms with Crippen LogP contribution in [-0.4, -0.2) is 37.1 Å². The Kier molecular flexibility index (Phi) is 7.24. The van der Waals surface area contributed by atoms with Gasteiger partial charge in [-0.25, -0.2) is 0 Å². The molecule has 2 rings (SSSR count). The minimum atomic E-state index is 0.106. The second kappa shape index (κ2) is 9.43. The van der Waals surface area contributed by atoms with Crippen molar-refractivity contribution in [2.24, 2.45) is 0 Å². The maximum atomic E-state index is 12.8. The fourth-order valence-corrected chi connectivity index (χ4v) is 2.87. The number of ether oxygens (including phenoxy) is 2. The van der Waals surface area contributed by atoms with E-state index < -0.39 is 0 Å². The lowest BCUT2D eigenvalue weighted by molar-refractivity contribution is 0.0742. The first-order valence-electron chi connectivity index (χ1n) is 8.95. The SMILES string of the molecule is CCCOc1ccc(C(=O)N2CCCCCCC2)cc1OCC. The molecule has 1 aromatic rings. The summed E-state index contributed by atoms with van der Waals surface area (Å²) in [6.07, 6.45) is 6.87. The van der Waals surface area contributed by atoms with Crippen LogP contribution in [0.5, 0.6) is 11.5 Å². The van der Waals surface area contributed by atoms with E-state index in [1.54, 1.807) is 0 Å². The molecule has 128 valence electrons. The average Bonchev–Trinajstić information content (AvgIpc) is 2.53. The van der Waals surface area contributed by atoms with Gasteiger partial charge in [-0.15, -0.1) is 0 Å². The van der Waals surface area contributed by atoms with Gasteiger partial charge in [0.25, 0.3) is 5.91 Å². The van der Waals surface area contributed by atoms with Crippen LogP contribution in [0.25, 0.3) is 0 Å². The van der Waals surface area contributed by atoms with Crippen LogP contribution in [0, 0.1) is 0 Å². The van der Waals surface area contributed by atoms with Crippen molar-refractivity contribution in [3.8, 4) is 11.5 Å². The first-order valence-corrected chi connectivity index (χ1v) is 8.95. The van der Waals surface area contributed by atoms with Crippen molar-refractivity contribution in [3.05, 3.63) is 23.8 Å². The molecule has 0 N–H and O–H groups in total. The van der Waals surface area contributed by atoms with Gasteiger partial charge in [0.1, 0.15) is 0 Å². The number of nitrogens with zero attached hydrogens (tertiary/aromatic N) is 1. The number of amides is 1. The molecule has 0 unspecified atom stereocenters. The summed E-state index contributed by atoms with van der Waals surface area (Å²) in [5.41, 5.74) is 0.692. The molecule has 1 saturated heterocycles. The minimum absolute atomic E-state index is 0.106. The zero-order chi connectivity index (χ0) is 16.5. The summed E-state index contributed by atoms with van der Waals surface area (Å²) in [6, 6.07) is 5.54. The van der Waals surface area contributed by atoms with Crippen LogP contribution in [0.2, 0.25) is 0 Å². The van der Waals surface area contributed by atoms with Gasteiger partial charge in [-0.05, 0) is 44.4 Å². The van der Waals surface area contributed by atoms with Crippen molar-refractivity contribution in [2.45, 2.75) is 52.4 Å². The lowest BCUT2D eigenvalue weighted by Gasteiger charge is -2.25. The number of hydrogen-bond donors (Lipinski definition) is 0. The summed E-state index contributed by atoms with van der Waals surface area (Å²) in [6.45, 7) is 6.94. The van der Waals surface area contributed by atoms with Gasteiger partial charge in [0.05, 0.1) is 13.2 Å². The number of likely N-dealkylation sites (tertiary alicyclic amines) is 1. The third-order valence-electron chi connectivity index (χ3n) is 4.10. The molecule has 0 atom stereocenters. The highest BCUT2D eigenvalue weighted by Crippen LogP contribution is 2.29. The lowest BCUT2D eigenvalue weighted by Crippen LogP contribution is -2.33. The topological polar surface area (TPSA) is 38.8 Å². The molecule has 1 aliphatic heterocycles. The van der Waals surface area contributed by atoms with Crippen molar-refractivity contribution in [2.75, 3.05) is 26.3 Å². The van der Waals surface area contributed by atoms with Crippen LogP contribution in [0.4, 0.5) is 0 Å². The quantitative estimate of drug-likeness (QED) is 0.785. The Morgan fingerprint density at radius 3 is 2.35 bits per heavy atom. The number of hydrogen-bond acceptors (Lipinski definition) is 3. The highest BCUT2D eigenvalue weighted by atomic mass is 16.5. The third-order valence-corrected chi connectivity index (χ3v) is 4.10. The minimum Gasteiger partial charge on any atom is -0.490 e. The Labute approximate surface area is 139 Å². The summed E-state index contributed by atoms with van der Waals surface area (Å²) in [4.78, 5) is 14.8. The maximum absolute atomic E-state index is 12.8. The van der Waals surface area contributed by atoms with Crippen LogP contribution in [0.15, 0.2) is 18.2 Å². The van der Waals surface area contributed by atoms with Crippen molar-refractivity contribution < 1.29 is 14.3 Å². The van der Waals surface area contributed by atoms with Crippen LogP contribution in [0.1, 0.15) is 62.7 Å². The van der Waals surface area contributed by atoms with E-state index in [9.17, 15) is 4.79 Å². The summed E-state index contributed by atoms with van der Waals surface area (Å²) < 4.78 is 11.4. The summed E-state index contributed by atoms with van der Waals surface area (Å²) in [7, 11) is 0. The van der Waals surface area contributed by atoms with E-state index in [2.05, 4.69) is 6.92 Å². The predicted octanol–water partition coefficient (Wildman–Crippen LogP) is 4.28. The van der Waals surface area contributed by atoms with E-state index >= 15 is 0 Å². The molecule has 0 bridgehead atoms. The molecular formula is C19H29NO3. The standard InChI is InChI=1S/C19H29NO3/c1-3-14-23-17-11-10-16(15-18(17)22-4-2)19(21)20-12-8-6-5-7-9-13-20/h10-11,15H,3-9,12-14H2,1-2H3. The van der Waals surface area contributed by atoms with E-state index in [1.165, 1.54) is 19.3 Å². The zero-order valence-corrected chi connectivity index (χ0v) is 14.5. The Morgan fingerprint density at radius 1 is 1.00 bits per heavy atom. The van der Waals surface area contributed by atoms with Crippen molar-refractivity contribution in [3.63, 3.8) is 0 Å². The smallest absolute Gasteiger partial charge is 0.253 e. The van der Waals surface area contributed by atoms with Crippen molar-refractivity contribution in [1.82, 2.24) is 4.90 Å². The van der Waals surface area contributed by atoms with E-state index in [0.717, 1.165) is 38.1 Å². The maximum Gasteiger partial charge on any atom is 0.253 e. The fourth-order valence-electron chi connectivity index (χ4n) is 2.87. The average molecular weight is 319 g/mol. The summed E-state index contributed by atoms with van der Waals surface area (Å²) in [5, 5.41) is 0. The van der Waals surface area contributed by atoms with Gasteiger partial charge in [0.2, 0.25) is 0 Å². The second-order valence-corrected chi connectivity index (χ2v) is 6.00. The number of carbonyl (C=O) groups excluding carboxylic acids is 1. The monoisotopic (exact) mass is 319 g/mol. The molecule has 0 spiro atoms. The molecule has 23 heavy (non-hydrogen) atoms. The third kappa shape index (κ3) is 5.15. The molecule has 0 radical (unpaired) electrons. The van der Waals surface area contributed by atoms with Gasteiger partial charge in [-0.3, -0.25) is 4.79 Å². The highest BCUT2D eigenvalue weighted by molar-refractivity contribution is 5.95. The zero-order valence-electron chi connectivity index (χ0n) is 14.5. The van der Waals surface area contributed by atoms with Crippen LogP contribution >= 0.6 is 0 Å². The van der Waals surface area contributed by atoms with Crippen molar-refractivity contribution >= 4 is 5.91 Å². The molecule has 0 aromatic heterocycles. The molecule has 1 heterocycles. The largest absolute Gasteiger partial charge is 0.490 e. The number of benzene rings is 1. The number of rotatable bonds is 6. The Bertz CT molecular complexity index is 493. The summed E-state index contributed by atoms with van der Waals surface area (Å²) >= 11 is 0. The highest BCUT2D eigenvalue weighted by Gasteiger charge is 2.18. The van der Waals surface area contributed by atoms with Gasteiger partial charge < -0.3 is 14.4 Å². The fraction of sp³-hybridized carbons (Fsp3) is 0.632. The molecule has 1 aromatic carbocycles. The Morgan fingerprint density at radius 2 is 1.70 bits per heavy atom. The molecule has 1 amide bonds. The van der Waals surface area contributed by atoms with Crippen LogP contribution < -0.4 is 9.47 Å². The molecule has 0 aliphatic carbocycles. The molecule has 4 nitrogen and oxygen atoms in total. The van der Waals surface area contributed by atoms with E-state index in [-0.39, 0.29) is 5.91 Å². The first-order chi connectivity index (χ1) is 11.3. The molecule has 1 aliphatic rings. The normalized spacial score (nSPS) is 15.7. The molecular weight excluding hydrogens is 290 g/mol. The van der Waals surface area contributed by atoms with E-state index in [1.807, 2.05) is 30.0 Å². The van der Waals surface area contributed by atoms with Crippen molar-refractivity contribution in [1.29, 1.82) is 0 Å². The molecule has 4 heteroatoms. The van der Waals surface area contributed by atoms with Gasteiger partial charge >= 0.3 is 0 Å². The van der Waals surface area contributed by atoms with E-state index in [0.29, 0.717) is 24.5 Å². The van der Waals surface area contributed by atoms with Gasteiger partial charge in [0, 0.05) is 18.7 Å².